The molecule has 0 aliphatic carbocycles. The Bertz CT molecular complexity index is 1250. The molecule has 0 amide bonds. The molecule has 0 unspecified atom stereocenters. The van der Waals surface area contributed by atoms with Crippen molar-refractivity contribution in [1.29, 1.82) is 0 Å². The molecule has 164 valence electrons. The van der Waals surface area contributed by atoms with Gasteiger partial charge in [-0.2, -0.15) is 0 Å². The number of benzene rings is 4. The van der Waals surface area contributed by atoms with E-state index in [0.29, 0.717) is 0 Å². The van der Waals surface area contributed by atoms with Crippen LogP contribution in [0.4, 0.5) is 0 Å². The molecule has 0 atom stereocenters. The number of rotatable bonds is 5. The van der Waals surface area contributed by atoms with Crippen molar-refractivity contribution in [3.8, 4) is 39.1 Å². The third kappa shape index (κ3) is 5.46. The van der Waals surface area contributed by atoms with Crippen LogP contribution in [0, 0.1) is 0 Å². The van der Waals surface area contributed by atoms with Gasteiger partial charge < -0.3 is 10.2 Å². The maximum Gasteiger partial charge on any atom is 0.330 e. The summed E-state index contributed by atoms with van der Waals surface area (Å²) in [7, 11) is 0. The highest BCUT2D eigenvalue weighted by molar-refractivity contribution is 5.99. The summed E-state index contributed by atoms with van der Waals surface area (Å²) >= 11 is 0. The van der Waals surface area contributed by atoms with Gasteiger partial charge in [-0.15, -0.1) is 0 Å². The van der Waals surface area contributed by atoms with Crippen LogP contribution in [-0.2, 0) is 4.79 Å². The molecule has 0 aliphatic heterocycles. The Balaban J connectivity index is 0.000000454. The largest absolute Gasteiger partial charge is 0.507 e. The highest BCUT2D eigenvalue weighted by Crippen LogP contribution is 2.46. The molecule has 0 aliphatic rings. The summed E-state index contributed by atoms with van der Waals surface area (Å²) in [6.07, 6.45) is 1.74. The van der Waals surface area contributed by atoms with Crippen LogP contribution in [0.1, 0.15) is 12.5 Å². The molecule has 2 N–H and O–H groups in total. The van der Waals surface area contributed by atoms with Gasteiger partial charge in [-0.25, -0.2) is 4.79 Å². The zero-order chi connectivity index (χ0) is 23.8. The standard InChI is InChI=1S/C26H20O.C4H6O2/c1-2-22-24(27)18-23(19-12-6-3-7-13-19)26(21-16-10-5-11-17-21)25(22)20-14-8-4-9-15-20;1-3(2)4(5)6/h2-18,27H,1H2;1H2,2H3,(H,5,6). The molecule has 0 saturated carbocycles. The molecule has 3 nitrogen and oxygen atoms in total. The normalized spacial score (nSPS) is 9.97. The Labute approximate surface area is 194 Å². The van der Waals surface area contributed by atoms with E-state index >= 15 is 0 Å². The molecule has 0 spiro atoms. The summed E-state index contributed by atoms with van der Waals surface area (Å²) < 4.78 is 0. The lowest BCUT2D eigenvalue weighted by Crippen LogP contribution is -1.94. The van der Waals surface area contributed by atoms with Gasteiger partial charge in [0, 0.05) is 16.7 Å². The summed E-state index contributed by atoms with van der Waals surface area (Å²) in [5, 5.41) is 18.7. The van der Waals surface area contributed by atoms with E-state index in [-0.39, 0.29) is 11.3 Å². The fraction of sp³-hybridized carbons (Fsp3) is 0.0333. The highest BCUT2D eigenvalue weighted by atomic mass is 16.4. The monoisotopic (exact) mass is 434 g/mol. The molecule has 4 aromatic carbocycles. The van der Waals surface area contributed by atoms with Crippen molar-refractivity contribution in [2.75, 3.05) is 0 Å². The predicted octanol–water partition coefficient (Wildman–Crippen LogP) is 7.68. The highest BCUT2D eigenvalue weighted by Gasteiger charge is 2.19. The quantitative estimate of drug-likeness (QED) is 0.317. The van der Waals surface area contributed by atoms with Gasteiger partial charge >= 0.3 is 5.97 Å². The Kier molecular flexibility index (Phi) is 7.61. The number of phenols is 1. The van der Waals surface area contributed by atoms with Crippen molar-refractivity contribution >= 4 is 12.0 Å². The van der Waals surface area contributed by atoms with E-state index in [0.717, 1.165) is 38.9 Å². The summed E-state index contributed by atoms with van der Waals surface area (Å²) in [5.74, 6) is -0.697. The Hall–Kier alpha value is -4.37. The fourth-order valence-corrected chi connectivity index (χ4v) is 3.55. The lowest BCUT2D eigenvalue weighted by atomic mass is 9.84. The topological polar surface area (TPSA) is 57.5 Å². The van der Waals surface area contributed by atoms with Crippen LogP contribution in [0.2, 0.25) is 0 Å². The molecule has 0 bridgehead atoms. The number of aliphatic carboxylic acids is 1. The van der Waals surface area contributed by atoms with Gasteiger partial charge in [0.1, 0.15) is 5.75 Å². The van der Waals surface area contributed by atoms with Crippen molar-refractivity contribution in [3.63, 3.8) is 0 Å². The number of carboxylic acid groups (broad SMARTS) is 1. The van der Waals surface area contributed by atoms with E-state index in [1.165, 1.54) is 6.92 Å². The van der Waals surface area contributed by atoms with Crippen molar-refractivity contribution in [2.45, 2.75) is 6.92 Å². The second kappa shape index (κ2) is 10.8. The second-order valence-electron chi connectivity index (χ2n) is 7.49. The Morgan fingerprint density at radius 1 is 0.758 bits per heavy atom. The molecular formula is C30H26O3. The fourth-order valence-electron chi connectivity index (χ4n) is 3.55. The van der Waals surface area contributed by atoms with E-state index in [2.05, 4.69) is 49.6 Å². The Morgan fingerprint density at radius 2 is 1.15 bits per heavy atom. The van der Waals surface area contributed by atoms with E-state index in [9.17, 15) is 9.90 Å². The third-order valence-corrected chi connectivity index (χ3v) is 5.12. The molecule has 0 radical (unpaired) electrons. The first kappa shape index (κ1) is 23.3. The van der Waals surface area contributed by atoms with Crippen LogP contribution >= 0.6 is 0 Å². The first-order chi connectivity index (χ1) is 15.9. The lowest BCUT2D eigenvalue weighted by Gasteiger charge is -2.20. The van der Waals surface area contributed by atoms with Gasteiger partial charge in [0.05, 0.1) is 0 Å². The van der Waals surface area contributed by atoms with Crippen molar-refractivity contribution in [2.24, 2.45) is 0 Å². The zero-order valence-electron chi connectivity index (χ0n) is 18.5. The molecular weight excluding hydrogens is 408 g/mol. The number of hydrogen-bond acceptors (Lipinski definition) is 2. The van der Waals surface area contributed by atoms with Gasteiger partial charge in [-0.1, -0.05) is 110 Å². The van der Waals surface area contributed by atoms with E-state index in [1.54, 1.807) is 6.08 Å². The average Bonchev–Trinajstić information content (AvgIpc) is 2.85. The first-order valence-electron chi connectivity index (χ1n) is 10.5. The summed E-state index contributed by atoms with van der Waals surface area (Å²) in [4.78, 5) is 9.60. The number of hydrogen-bond donors (Lipinski definition) is 2. The minimum atomic E-state index is -0.935. The first-order valence-corrected chi connectivity index (χ1v) is 10.5. The van der Waals surface area contributed by atoms with Gasteiger partial charge in [0.15, 0.2) is 0 Å². The second-order valence-corrected chi connectivity index (χ2v) is 7.49. The van der Waals surface area contributed by atoms with Crippen LogP contribution < -0.4 is 0 Å². The maximum absolute atomic E-state index is 10.8. The van der Waals surface area contributed by atoms with Gasteiger partial charge in [-0.3, -0.25) is 0 Å². The third-order valence-electron chi connectivity index (χ3n) is 5.12. The molecule has 33 heavy (non-hydrogen) atoms. The van der Waals surface area contributed by atoms with E-state index in [1.807, 2.05) is 60.7 Å². The molecule has 4 aromatic rings. The number of phenolic OH excluding ortho intramolecular Hbond substituents is 1. The molecule has 0 aromatic heterocycles. The average molecular weight is 435 g/mol. The molecule has 4 rings (SSSR count). The van der Waals surface area contributed by atoms with Crippen molar-refractivity contribution in [1.82, 2.24) is 0 Å². The molecule has 0 heterocycles. The number of carboxylic acids is 1. The van der Waals surface area contributed by atoms with Crippen LogP contribution in [0.5, 0.6) is 5.75 Å². The van der Waals surface area contributed by atoms with Gasteiger partial charge in [0.2, 0.25) is 0 Å². The smallest absolute Gasteiger partial charge is 0.330 e. The van der Waals surface area contributed by atoms with Gasteiger partial charge in [-0.05, 0) is 40.8 Å². The minimum absolute atomic E-state index is 0.176. The summed E-state index contributed by atoms with van der Waals surface area (Å²) in [6, 6.07) is 32.5. The van der Waals surface area contributed by atoms with Crippen molar-refractivity contribution in [3.05, 3.63) is 121 Å². The Morgan fingerprint density at radius 3 is 1.55 bits per heavy atom. The van der Waals surface area contributed by atoms with E-state index in [4.69, 9.17) is 5.11 Å². The minimum Gasteiger partial charge on any atom is -0.507 e. The number of carbonyl (C=O) groups is 1. The van der Waals surface area contributed by atoms with Gasteiger partial charge in [0.25, 0.3) is 0 Å². The van der Waals surface area contributed by atoms with Crippen LogP contribution in [0.3, 0.4) is 0 Å². The van der Waals surface area contributed by atoms with E-state index < -0.39 is 5.97 Å². The zero-order valence-corrected chi connectivity index (χ0v) is 18.5. The van der Waals surface area contributed by atoms with Crippen LogP contribution in [-0.4, -0.2) is 16.2 Å². The van der Waals surface area contributed by atoms with Crippen LogP contribution in [0.15, 0.2) is 116 Å². The maximum atomic E-state index is 10.8. The number of aromatic hydroxyl groups is 1. The summed E-state index contributed by atoms with van der Waals surface area (Å²) in [5.41, 5.74) is 7.26. The molecule has 0 saturated heterocycles. The lowest BCUT2D eigenvalue weighted by molar-refractivity contribution is -0.132. The summed E-state index contributed by atoms with van der Waals surface area (Å²) in [6.45, 7) is 8.56. The van der Waals surface area contributed by atoms with Crippen LogP contribution in [0.25, 0.3) is 39.5 Å². The predicted molar refractivity (Wildman–Crippen MR) is 137 cm³/mol. The van der Waals surface area contributed by atoms with Crippen molar-refractivity contribution < 1.29 is 15.0 Å². The molecule has 3 heteroatoms. The molecule has 0 fully saturated rings. The SMILES string of the molecule is C=C(C)C(=O)O.C=Cc1c(O)cc(-c2ccccc2)c(-c2ccccc2)c1-c1ccccc1.